The first kappa shape index (κ1) is 92.6. The minimum absolute atomic E-state index is 0.184. The van der Waals surface area contributed by atoms with Crippen molar-refractivity contribution in [1.29, 1.82) is 0 Å². The monoisotopic (exact) mass is 1820 g/mol. The van der Waals surface area contributed by atoms with E-state index in [0.717, 1.165) is 95.9 Å². The highest BCUT2D eigenvalue weighted by molar-refractivity contribution is 6.32. The third kappa shape index (κ3) is 19.4. The number of hydrogen-bond donors (Lipinski definition) is 18. The molecular weight excluding hydrogens is 1730 g/mol. The van der Waals surface area contributed by atoms with Crippen LogP contribution in [0.5, 0.6) is 34.5 Å². The van der Waals surface area contributed by atoms with Crippen molar-refractivity contribution in [3.8, 4) is 45.6 Å². The summed E-state index contributed by atoms with van der Waals surface area (Å²) in [5.74, 6) is -19.3. The lowest BCUT2D eigenvalue weighted by Gasteiger charge is -2.48. The number of aliphatic hydroxyl groups is 8. The maximum absolute atomic E-state index is 16.4. The fourth-order valence-electron chi connectivity index (χ4n) is 15.6. The summed E-state index contributed by atoms with van der Waals surface area (Å²) in [6.07, 6.45) is -23.8. The van der Waals surface area contributed by atoms with Crippen molar-refractivity contribution in [2.75, 3.05) is 13.7 Å². The molecule has 43 nitrogen and oxygen atoms in total. The van der Waals surface area contributed by atoms with E-state index in [4.69, 9.17) is 66.8 Å². The Bertz CT molecular complexity index is 5580. The number of carboxylic acids is 1. The van der Waals surface area contributed by atoms with E-state index in [1.807, 2.05) is 0 Å². The Kier molecular flexibility index (Phi) is 27.1. The first-order chi connectivity index (χ1) is 60.5. The van der Waals surface area contributed by atoms with Crippen LogP contribution in [0, 0.1) is 26.1 Å². The number of carbonyl (C=O) groups is 10. The van der Waals surface area contributed by atoms with Gasteiger partial charge in [0.1, 0.15) is 103 Å². The number of phenolic OH excluding ortho intramolecular Hbond substituents is 1. The number of nitro groups is 2. The van der Waals surface area contributed by atoms with Crippen LogP contribution in [-0.4, -0.2) is 218 Å². The fraction of sp³-hybridized carbons (Fsp3) is 0.373. The lowest BCUT2D eigenvalue weighted by Crippen LogP contribution is -2.66. The van der Waals surface area contributed by atoms with E-state index in [0.29, 0.717) is 11.1 Å². The SMILES string of the molecule is CC(C)C[C@H](C(=O)N[C@H]1C(=O)N[C@@H](CC(N)=O)C(=O)N[C@H]2C(=O)N[C@H]3C(=O)N[C@H](C(=O)N[C@H](C(=O)O)c4cc(O)cc5c4-c4cc3ccc4C5(O)O)[C@H](O)c3ccc(c(Cl)c3)Oc3cc2cc(c3O[C@@H]2O[C@H](CO)[C@@H](O)[C@H](O)[C@H]2O[C@H]2C[C@](C)(NC(=O)OCc3ccc([N+](=O)[O-])cc3)[C@H](O)[C@H](C)O2)Oc2ccc(cc2Cl)[C@H]1O)N(C)C(=O)OCc1ccc([N+](=O)[O-])cc1. The number of nitrogens with one attached hydrogen (secondary N) is 7. The van der Waals surface area contributed by atoms with E-state index >= 15 is 28.8 Å². The molecule has 7 heterocycles. The van der Waals surface area contributed by atoms with Gasteiger partial charge in [0, 0.05) is 48.9 Å². The average molecular weight is 1820 g/mol. The van der Waals surface area contributed by atoms with Gasteiger partial charge in [0.05, 0.1) is 44.6 Å². The Morgan fingerprint density at radius 2 is 1.24 bits per heavy atom. The maximum Gasteiger partial charge on any atom is 0.410 e. The number of primary amides is 1. The number of ether oxygens (including phenoxy) is 8. The van der Waals surface area contributed by atoms with Gasteiger partial charge in [-0.2, -0.15) is 0 Å². The van der Waals surface area contributed by atoms with Crippen LogP contribution in [0.4, 0.5) is 21.0 Å². The van der Waals surface area contributed by atoms with Crippen molar-refractivity contribution >= 4 is 94.1 Å². The molecule has 8 aliphatic rings. The minimum Gasteiger partial charge on any atom is -0.508 e. The molecule has 2 fully saturated rings. The number of aliphatic hydroxyl groups excluding tert-OH is 6. The summed E-state index contributed by atoms with van der Waals surface area (Å²) in [5.41, 5.74) is 0.465. The second-order valence-electron chi connectivity index (χ2n) is 31.7. The van der Waals surface area contributed by atoms with Crippen LogP contribution in [0.25, 0.3) is 11.1 Å². The molecular formula is C83H85Cl2N11O32. The van der Waals surface area contributed by atoms with Gasteiger partial charge in [0.2, 0.25) is 59.2 Å². The molecule has 2 saturated heterocycles. The molecule has 1 aliphatic carbocycles. The molecule has 18 atom stereocenters. The predicted molar refractivity (Wildman–Crippen MR) is 435 cm³/mol. The lowest BCUT2D eigenvalue weighted by atomic mass is 9.85. The first-order valence-corrected chi connectivity index (χ1v) is 40.2. The largest absolute Gasteiger partial charge is 0.508 e. The smallest absolute Gasteiger partial charge is 0.410 e. The van der Waals surface area contributed by atoms with E-state index in [1.54, 1.807) is 13.8 Å². The number of rotatable bonds is 20. The van der Waals surface area contributed by atoms with Crippen LogP contribution in [0.3, 0.4) is 0 Å². The number of aromatic hydroxyl groups is 1. The molecule has 0 radical (unpaired) electrons. The summed E-state index contributed by atoms with van der Waals surface area (Å²) in [6.45, 7) is 4.10. The van der Waals surface area contributed by atoms with Gasteiger partial charge in [-0.1, -0.05) is 61.3 Å². The number of hydrogen-bond acceptors (Lipinski definition) is 31. The number of amides is 9. The third-order valence-corrected chi connectivity index (χ3v) is 22.9. The number of halogens is 2. The average Bonchev–Trinajstić information content (AvgIpc) is 1.56. The summed E-state index contributed by atoms with van der Waals surface area (Å²) in [7, 11) is 1.17. The number of non-ortho nitro benzene ring substituents is 2. The van der Waals surface area contributed by atoms with Crippen LogP contribution >= 0.6 is 23.2 Å². The molecule has 0 aromatic heterocycles. The second kappa shape index (κ2) is 37.5. The molecule has 15 rings (SSSR count). The van der Waals surface area contributed by atoms with Crippen LogP contribution < -0.4 is 57.2 Å². The Labute approximate surface area is 733 Å². The van der Waals surface area contributed by atoms with E-state index < -0.39 is 290 Å². The summed E-state index contributed by atoms with van der Waals surface area (Å²) >= 11 is 14.3. The molecule has 45 heteroatoms. The number of nitrogens with zero attached hydrogens (tertiary/aromatic N) is 3. The Hall–Kier alpha value is -13.0. The highest BCUT2D eigenvalue weighted by Crippen LogP contribution is 2.53. The summed E-state index contributed by atoms with van der Waals surface area (Å²) in [4.78, 5) is 170. The van der Waals surface area contributed by atoms with Crippen LogP contribution in [0.2, 0.25) is 10.0 Å². The van der Waals surface area contributed by atoms with Gasteiger partial charge >= 0.3 is 18.2 Å². The molecule has 678 valence electrons. The topological polar surface area (TPSA) is 647 Å². The number of carboxylic acid groups (broad SMARTS) is 1. The van der Waals surface area contributed by atoms with Crippen molar-refractivity contribution in [2.24, 2.45) is 11.7 Å². The molecule has 7 aliphatic heterocycles. The summed E-state index contributed by atoms with van der Waals surface area (Å²) < 4.78 is 49.9. The quantitative estimate of drug-likeness (QED) is 0.0296. The summed E-state index contributed by atoms with van der Waals surface area (Å²) in [5, 5.41) is 156. The van der Waals surface area contributed by atoms with Gasteiger partial charge < -0.3 is 132 Å². The van der Waals surface area contributed by atoms with E-state index in [2.05, 4.69) is 37.2 Å². The van der Waals surface area contributed by atoms with Crippen molar-refractivity contribution < 1.29 is 147 Å². The number of fused-ring (bicyclic) bond motifs is 12. The Morgan fingerprint density at radius 1 is 0.672 bits per heavy atom. The van der Waals surface area contributed by atoms with Crippen LogP contribution in [-0.2, 0) is 81.0 Å². The standard InChI is InChI=1S/C83H85Cl2N11O32/c1-33(2)20-51(94(5)81(114)122-32-36-8-15-42(16-9-36)96(119)120)73(106)91-63-65(100)38-11-18-52(48(84)22-38)124-54-24-40-25-55(69(54)128-79-70(68(103)67(102)56(30-97)126-79)127-58-29-82(4,71(104)34(3)123-58)93-80(113)121-31-35-6-13-41(14-7-35)95(117)118)125-53-19-12-39(23-49(53)85)66(101)64-77(110)90-62(78(111)112)45-26-43(98)27-47-59(45)44-21-37(10-17-46(44)83(47,115)116)60(74(107)92-64)89-75(108)61(40)88-72(105)50(28-57(86)99)87-76(63)109/h6-19,21-27,33-34,50-51,56,58,60-68,70-71,79,97-98,100-104,115-116H,20,28-32H2,1-5H3,(H2,86,99)(H,87,109)(H,88,105)(H,89,108)(H,90,110)(H,91,106)(H,92,107)(H,93,113)(H,111,112)/t34-,50-,51+,56+,58-,60+,61+,62-,63+,64-,65+,66+,67+,68-,70+,71+,79-,82-/m0/s1. The van der Waals surface area contributed by atoms with Gasteiger partial charge in [-0.05, 0) is 155 Å². The predicted octanol–water partition coefficient (Wildman–Crippen LogP) is 3.03. The number of alkyl carbamates (subject to hydrolysis) is 1. The molecule has 7 aromatic carbocycles. The minimum atomic E-state index is -3.09. The Balaban J connectivity index is 0.968. The molecule has 7 aromatic rings. The number of nitrogens with two attached hydrogens (primary N) is 1. The second-order valence-corrected chi connectivity index (χ2v) is 32.6. The normalized spacial score (nSPS) is 26.1. The third-order valence-electron chi connectivity index (χ3n) is 22.3. The zero-order chi connectivity index (χ0) is 92.7. The molecule has 19 N–H and O–H groups in total. The van der Waals surface area contributed by atoms with Crippen LogP contribution in [0.1, 0.15) is 127 Å². The summed E-state index contributed by atoms with van der Waals surface area (Å²) in [6, 6.07) is 7.68. The number of benzene rings is 7. The molecule has 11 bridgehead atoms. The first-order valence-electron chi connectivity index (χ1n) is 39.4. The van der Waals surface area contributed by atoms with Crippen molar-refractivity contribution in [2.45, 2.75) is 175 Å². The molecule has 128 heavy (non-hydrogen) atoms. The number of nitro benzene ring substituents is 2. The van der Waals surface area contributed by atoms with Crippen LogP contribution in [0.15, 0.2) is 127 Å². The van der Waals surface area contributed by atoms with Crippen molar-refractivity contribution in [1.82, 2.24) is 42.1 Å². The van der Waals surface area contributed by atoms with E-state index in [9.17, 15) is 90.5 Å². The van der Waals surface area contributed by atoms with E-state index in [-0.39, 0.29) is 45.6 Å². The van der Waals surface area contributed by atoms with Crippen molar-refractivity contribution in [3.63, 3.8) is 0 Å². The fourth-order valence-corrected chi connectivity index (χ4v) is 16.1. The van der Waals surface area contributed by atoms with Crippen molar-refractivity contribution in [3.05, 3.63) is 208 Å². The number of likely N-dealkylation sites (N-methyl/N-ethyl adjacent to an activating group) is 1. The molecule has 9 amide bonds. The number of carbonyl (C=O) groups excluding carboxylic acids is 9. The van der Waals surface area contributed by atoms with Gasteiger partial charge in [0.25, 0.3) is 11.4 Å². The van der Waals surface area contributed by atoms with Gasteiger partial charge in [-0.15, -0.1) is 0 Å². The zero-order valence-corrected chi connectivity index (χ0v) is 69.4. The number of phenols is 1. The van der Waals surface area contributed by atoms with Gasteiger partial charge in [-0.3, -0.25) is 58.7 Å². The molecule has 0 unspecified atom stereocenters. The number of aliphatic carboxylic acids is 1. The molecule has 0 saturated carbocycles. The van der Waals surface area contributed by atoms with Gasteiger partial charge in [-0.25, -0.2) is 14.4 Å². The highest BCUT2D eigenvalue weighted by Gasteiger charge is 2.54. The lowest BCUT2D eigenvalue weighted by molar-refractivity contribution is -0.385. The Morgan fingerprint density at radius 3 is 1.81 bits per heavy atom. The zero-order valence-electron chi connectivity index (χ0n) is 67.9. The maximum atomic E-state index is 16.4. The highest BCUT2D eigenvalue weighted by atomic mass is 35.5. The molecule has 0 spiro atoms. The van der Waals surface area contributed by atoms with E-state index in [1.165, 1.54) is 57.3 Å². The van der Waals surface area contributed by atoms with Gasteiger partial charge in [0.15, 0.2) is 29.9 Å².